The second-order valence-corrected chi connectivity index (χ2v) is 6.46. The van der Waals surface area contributed by atoms with Crippen LogP contribution in [0, 0.1) is 5.41 Å². The molecule has 0 saturated heterocycles. The zero-order valence-electron chi connectivity index (χ0n) is 14.4. The van der Waals surface area contributed by atoms with Crippen molar-refractivity contribution >= 4 is 0 Å². The molecule has 0 amide bonds. The highest BCUT2D eigenvalue weighted by molar-refractivity contribution is 5.31. The second-order valence-electron chi connectivity index (χ2n) is 6.46. The van der Waals surface area contributed by atoms with Gasteiger partial charge in [-0.25, -0.2) is 0 Å². The first-order valence-corrected chi connectivity index (χ1v) is 7.93. The van der Waals surface area contributed by atoms with Crippen molar-refractivity contribution in [3.05, 3.63) is 29.8 Å². The van der Waals surface area contributed by atoms with E-state index in [0.717, 1.165) is 18.7 Å². The molecule has 0 saturated carbocycles. The molecule has 2 atom stereocenters. The van der Waals surface area contributed by atoms with Crippen molar-refractivity contribution < 1.29 is 9.47 Å². The lowest BCUT2D eigenvalue weighted by molar-refractivity contribution is -0.0119. The highest BCUT2D eigenvalue weighted by Crippen LogP contribution is 2.33. The van der Waals surface area contributed by atoms with Crippen LogP contribution in [0.3, 0.4) is 0 Å². The van der Waals surface area contributed by atoms with Gasteiger partial charge in [0.05, 0.1) is 18.8 Å². The van der Waals surface area contributed by atoms with Crippen LogP contribution in [0.2, 0.25) is 0 Å². The van der Waals surface area contributed by atoms with Crippen molar-refractivity contribution in [2.45, 2.75) is 53.2 Å². The molecule has 0 aromatic heterocycles. The van der Waals surface area contributed by atoms with Crippen LogP contribution in [0.4, 0.5) is 0 Å². The van der Waals surface area contributed by atoms with Crippen LogP contribution in [-0.2, 0) is 4.74 Å². The zero-order valence-corrected chi connectivity index (χ0v) is 14.4. The Morgan fingerprint density at radius 2 is 1.90 bits per heavy atom. The molecule has 0 radical (unpaired) electrons. The quantitative estimate of drug-likeness (QED) is 0.779. The van der Waals surface area contributed by atoms with Crippen molar-refractivity contribution in [1.29, 1.82) is 0 Å². The van der Waals surface area contributed by atoms with Crippen LogP contribution < -0.4 is 10.1 Å². The first-order valence-electron chi connectivity index (χ1n) is 7.93. The predicted molar refractivity (Wildman–Crippen MR) is 88.9 cm³/mol. The van der Waals surface area contributed by atoms with E-state index in [-0.39, 0.29) is 17.6 Å². The Morgan fingerprint density at radius 1 is 1.19 bits per heavy atom. The highest BCUT2D eigenvalue weighted by atomic mass is 16.5. The maximum Gasteiger partial charge on any atom is 0.119 e. The molecular formula is C18H31NO2. The lowest BCUT2D eigenvalue weighted by Crippen LogP contribution is -2.41. The average Bonchev–Trinajstić information content (AvgIpc) is 2.42. The van der Waals surface area contributed by atoms with Crippen LogP contribution in [0.1, 0.15) is 52.6 Å². The van der Waals surface area contributed by atoms with Gasteiger partial charge >= 0.3 is 0 Å². The monoisotopic (exact) mass is 293 g/mol. The van der Waals surface area contributed by atoms with Gasteiger partial charge < -0.3 is 14.8 Å². The fraction of sp³-hybridized carbons (Fsp3) is 0.667. The number of rotatable bonds is 8. The summed E-state index contributed by atoms with van der Waals surface area (Å²) >= 11 is 0. The number of hydrogen-bond donors (Lipinski definition) is 1. The molecule has 0 aliphatic carbocycles. The van der Waals surface area contributed by atoms with E-state index >= 15 is 0 Å². The number of ether oxygens (including phenoxy) is 2. The minimum Gasteiger partial charge on any atom is -0.494 e. The smallest absolute Gasteiger partial charge is 0.119 e. The molecule has 3 nitrogen and oxygen atoms in total. The van der Waals surface area contributed by atoms with E-state index in [1.165, 1.54) is 5.56 Å². The van der Waals surface area contributed by atoms with E-state index in [1.54, 1.807) is 7.11 Å². The van der Waals surface area contributed by atoms with E-state index in [2.05, 4.69) is 51.2 Å². The molecule has 120 valence electrons. The standard InChI is InChI=1S/C18H31NO2/c1-7-12-19-16(17(20-6)18(3,4)5)14-10-9-11-15(13-14)21-8-2/h9-11,13,16-17,19H,7-8,12H2,1-6H3. The number of nitrogens with one attached hydrogen (secondary N) is 1. The average molecular weight is 293 g/mol. The van der Waals surface area contributed by atoms with Crippen molar-refractivity contribution in [2.24, 2.45) is 5.41 Å². The van der Waals surface area contributed by atoms with Gasteiger partial charge in [-0.15, -0.1) is 0 Å². The molecule has 0 aliphatic rings. The molecule has 0 aliphatic heterocycles. The van der Waals surface area contributed by atoms with Crippen LogP contribution in [0.15, 0.2) is 24.3 Å². The Morgan fingerprint density at radius 3 is 2.43 bits per heavy atom. The molecule has 0 fully saturated rings. The van der Waals surface area contributed by atoms with E-state index < -0.39 is 0 Å². The Kier molecular flexibility index (Phi) is 7.20. The van der Waals surface area contributed by atoms with E-state index in [0.29, 0.717) is 6.61 Å². The van der Waals surface area contributed by atoms with E-state index in [1.807, 2.05) is 13.0 Å². The van der Waals surface area contributed by atoms with Gasteiger partial charge in [-0.3, -0.25) is 0 Å². The van der Waals surface area contributed by atoms with Gasteiger partial charge in [0.1, 0.15) is 5.75 Å². The van der Waals surface area contributed by atoms with Crippen molar-refractivity contribution in [1.82, 2.24) is 5.32 Å². The third kappa shape index (κ3) is 5.33. The maximum atomic E-state index is 5.82. The summed E-state index contributed by atoms with van der Waals surface area (Å²) in [7, 11) is 1.79. The topological polar surface area (TPSA) is 30.5 Å². The summed E-state index contributed by atoms with van der Waals surface area (Å²) in [5.74, 6) is 0.919. The molecule has 1 aromatic rings. The molecule has 1 rings (SSSR count). The molecule has 1 aromatic carbocycles. The number of hydrogen-bond acceptors (Lipinski definition) is 3. The van der Waals surface area contributed by atoms with Crippen molar-refractivity contribution in [3.8, 4) is 5.75 Å². The zero-order chi connectivity index (χ0) is 15.9. The van der Waals surface area contributed by atoms with Gasteiger partial charge in [0.2, 0.25) is 0 Å². The third-order valence-corrected chi connectivity index (χ3v) is 3.55. The van der Waals surface area contributed by atoms with Crippen molar-refractivity contribution in [3.63, 3.8) is 0 Å². The predicted octanol–water partition coefficient (Wildman–Crippen LogP) is 4.19. The summed E-state index contributed by atoms with van der Waals surface area (Å²) in [5.41, 5.74) is 1.28. The minimum atomic E-state index is 0.0573. The lowest BCUT2D eigenvalue weighted by atomic mass is 9.82. The van der Waals surface area contributed by atoms with Gasteiger partial charge in [-0.1, -0.05) is 39.8 Å². The lowest BCUT2D eigenvalue weighted by Gasteiger charge is -2.37. The van der Waals surface area contributed by atoms with Gasteiger partial charge in [0.15, 0.2) is 0 Å². The van der Waals surface area contributed by atoms with Gasteiger partial charge in [0.25, 0.3) is 0 Å². The summed E-state index contributed by atoms with van der Waals surface area (Å²) in [6.45, 7) is 12.5. The molecule has 0 spiro atoms. The largest absolute Gasteiger partial charge is 0.494 e. The number of benzene rings is 1. The first kappa shape index (κ1) is 18.0. The fourth-order valence-electron chi connectivity index (χ4n) is 2.65. The van der Waals surface area contributed by atoms with Crippen LogP contribution in [-0.4, -0.2) is 26.4 Å². The van der Waals surface area contributed by atoms with Crippen LogP contribution >= 0.6 is 0 Å². The maximum absolute atomic E-state index is 5.82. The molecular weight excluding hydrogens is 262 g/mol. The summed E-state index contributed by atoms with van der Waals surface area (Å²) < 4.78 is 11.5. The Bertz CT molecular complexity index is 412. The minimum absolute atomic E-state index is 0.0573. The third-order valence-electron chi connectivity index (χ3n) is 3.55. The molecule has 0 bridgehead atoms. The number of methoxy groups -OCH3 is 1. The summed E-state index contributed by atoms with van der Waals surface area (Å²) in [5, 5.41) is 3.63. The van der Waals surface area contributed by atoms with E-state index in [4.69, 9.17) is 9.47 Å². The summed E-state index contributed by atoms with van der Waals surface area (Å²) in [6.07, 6.45) is 1.20. The van der Waals surface area contributed by atoms with Crippen molar-refractivity contribution in [2.75, 3.05) is 20.3 Å². The van der Waals surface area contributed by atoms with Gasteiger partial charge in [0, 0.05) is 7.11 Å². The molecule has 0 heterocycles. The first-order chi connectivity index (χ1) is 9.93. The Balaban J connectivity index is 3.08. The summed E-state index contributed by atoms with van der Waals surface area (Å²) in [6, 6.07) is 8.48. The van der Waals surface area contributed by atoms with E-state index in [9.17, 15) is 0 Å². The SMILES string of the molecule is CCCNC(c1cccc(OCC)c1)C(OC)C(C)(C)C. The van der Waals surface area contributed by atoms with Gasteiger partial charge in [-0.05, 0) is 43.0 Å². The highest BCUT2D eigenvalue weighted by Gasteiger charge is 2.33. The second kappa shape index (κ2) is 8.40. The Labute approximate surface area is 130 Å². The molecule has 1 N–H and O–H groups in total. The Hall–Kier alpha value is -1.06. The van der Waals surface area contributed by atoms with Crippen LogP contribution in [0.25, 0.3) is 0 Å². The normalized spacial score (nSPS) is 14.8. The van der Waals surface area contributed by atoms with Gasteiger partial charge in [-0.2, -0.15) is 0 Å². The van der Waals surface area contributed by atoms with Crippen LogP contribution in [0.5, 0.6) is 5.75 Å². The fourth-order valence-corrected chi connectivity index (χ4v) is 2.65. The summed E-state index contributed by atoms with van der Waals surface area (Å²) in [4.78, 5) is 0. The molecule has 21 heavy (non-hydrogen) atoms. The molecule has 3 heteroatoms. The molecule has 2 unspecified atom stereocenters.